The number of fused-ring (bicyclic) bond motifs is 3. The molecule has 0 N–H and O–H groups in total. The molecule has 0 spiro atoms. The van der Waals surface area contributed by atoms with Crippen LogP contribution >= 0.6 is 0 Å². The van der Waals surface area contributed by atoms with Gasteiger partial charge in [-0.25, -0.2) is 8.42 Å². The number of aryl methyl sites for hydroxylation is 2. The first kappa shape index (κ1) is 21.6. The van der Waals surface area contributed by atoms with Crippen LogP contribution in [0.3, 0.4) is 0 Å². The van der Waals surface area contributed by atoms with Crippen molar-refractivity contribution in [1.82, 2.24) is 4.31 Å². The van der Waals surface area contributed by atoms with Gasteiger partial charge in [-0.3, -0.25) is 4.31 Å². The van der Waals surface area contributed by atoms with Crippen LogP contribution in [0.15, 0.2) is 114 Å². The smallest absolute Gasteiger partial charge is 0.261 e. The molecule has 4 aromatic rings. The van der Waals surface area contributed by atoms with E-state index in [9.17, 15) is 8.42 Å². The van der Waals surface area contributed by atoms with Crippen molar-refractivity contribution in [1.29, 1.82) is 0 Å². The molecule has 172 valence electrons. The van der Waals surface area contributed by atoms with Crippen molar-refractivity contribution in [3.05, 3.63) is 142 Å². The van der Waals surface area contributed by atoms with E-state index in [4.69, 9.17) is 0 Å². The van der Waals surface area contributed by atoms with Crippen molar-refractivity contribution in [2.75, 3.05) is 6.54 Å². The number of hydrogen-bond donors (Lipinski definition) is 0. The standard InChI is InChI=1S/C31H25NO2S/c1-21-12-16-23(17-13-21)29-26-10-6-7-11-27(26)30-28(29)20-32(31(30)24-8-4-3-5-9-24)35(33,34)25-18-14-22(2)15-19-25/h3-19H,20H2,1-2H3. The van der Waals surface area contributed by atoms with Gasteiger partial charge in [0.2, 0.25) is 0 Å². The highest BCUT2D eigenvalue weighted by molar-refractivity contribution is 7.89. The van der Waals surface area contributed by atoms with Crippen LogP contribution in [0, 0.1) is 13.8 Å². The first-order valence-corrected chi connectivity index (χ1v) is 13.2. The lowest BCUT2D eigenvalue weighted by molar-refractivity contribution is 0.535. The van der Waals surface area contributed by atoms with E-state index in [1.54, 1.807) is 16.4 Å². The van der Waals surface area contributed by atoms with Gasteiger partial charge < -0.3 is 0 Å². The maximum atomic E-state index is 14.0. The van der Waals surface area contributed by atoms with Gasteiger partial charge in [0.05, 0.1) is 17.1 Å². The molecule has 0 saturated heterocycles. The Bertz CT molecular complexity index is 1610. The average Bonchev–Trinajstić information content (AvgIpc) is 3.41. The summed E-state index contributed by atoms with van der Waals surface area (Å²) in [5, 5.41) is 0. The fourth-order valence-corrected chi connectivity index (χ4v) is 6.59. The van der Waals surface area contributed by atoms with E-state index in [1.165, 1.54) is 5.56 Å². The maximum Gasteiger partial charge on any atom is 0.264 e. The Kier molecular flexibility index (Phi) is 5.01. The third-order valence-electron chi connectivity index (χ3n) is 6.85. The average molecular weight is 476 g/mol. The maximum absolute atomic E-state index is 14.0. The fourth-order valence-electron chi connectivity index (χ4n) is 5.12. The van der Waals surface area contributed by atoms with E-state index in [1.807, 2.05) is 55.5 Å². The minimum atomic E-state index is -3.77. The van der Waals surface area contributed by atoms with Crippen LogP contribution in [-0.4, -0.2) is 19.3 Å². The Morgan fingerprint density at radius 1 is 0.600 bits per heavy atom. The number of hydrogen-bond acceptors (Lipinski definition) is 2. The number of benzene rings is 4. The first-order valence-electron chi connectivity index (χ1n) is 11.7. The summed E-state index contributed by atoms with van der Waals surface area (Å²) in [5.74, 6) is 0. The van der Waals surface area contributed by atoms with Crippen LogP contribution in [0.25, 0.3) is 16.8 Å². The van der Waals surface area contributed by atoms with Gasteiger partial charge >= 0.3 is 0 Å². The number of rotatable bonds is 4. The third-order valence-corrected chi connectivity index (χ3v) is 8.61. The first-order chi connectivity index (χ1) is 16.9. The fraction of sp³-hybridized carbons (Fsp3) is 0.0968. The Labute approximate surface area is 206 Å². The van der Waals surface area contributed by atoms with E-state index >= 15 is 0 Å². The third kappa shape index (κ3) is 3.44. The van der Waals surface area contributed by atoms with Gasteiger partial charge in [0.25, 0.3) is 10.0 Å². The van der Waals surface area contributed by atoms with Gasteiger partial charge in [0.15, 0.2) is 0 Å². The zero-order chi connectivity index (χ0) is 24.2. The molecule has 1 heterocycles. The molecule has 0 radical (unpaired) electrons. The van der Waals surface area contributed by atoms with Gasteiger partial charge in [-0.2, -0.15) is 0 Å². The highest BCUT2D eigenvalue weighted by Gasteiger charge is 2.42. The lowest BCUT2D eigenvalue weighted by Crippen LogP contribution is -2.28. The minimum absolute atomic E-state index is 0.299. The molecule has 0 atom stereocenters. The van der Waals surface area contributed by atoms with Crippen molar-refractivity contribution in [2.45, 2.75) is 18.7 Å². The Balaban J connectivity index is 1.65. The molecule has 3 nitrogen and oxygen atoms in total. The molecule has 0 bridgehead atoms. The van der Waals surface area contributed by atoms with Crippen LogP contribution in [0.2, 0.25) is 0 Å². The topological polar surface area (TPSA) is 37.4 Å². The van der Waals surface area contributed by atoms with Gasteiger partial charge in [-0.15, -0.1) is 0 Å². The van der Waals surface area contributed by atoms with E-state index in [0.717, 1.165) is 50.2 Å². The molecule has 0 saturated carbocycles. The summed E-state index contributed by atoms with van der Waals surface area (Å²) in [6, 6.07) is 33.8. The summed E-state index contributed by atoms with van der Waals surface area (Å²) in [6.07, 6.45) is 0. The van der Waals surface area contributed by atoms with Gasteiger partial charge in [0.1, 0.15) is 0 Å². The minimum Gasteiger partial charge on any atom is -0.261 e. The van der Waals surface area contributed by atoms with Gasteiger partial charge in [0, 0.05) is 5.57 Å². The van der Waals surface area contributed by atoms with Gasteiger partial charge in [-0.1, -0.05) is 102 Å². The molecule has 35 heavy (non-hydrogen) atoms. The molecule has 0 amide bonds. The summed E-state index contributed by atoms with van der Waals surface area (Å²) < 4.78 is 29.7. The lowest BCUT2D eigenvalue weighted by atomic mass is 9.97. The molecular formula is C31H25NO2S. The van der Waals surface area contributed by atoms with Crippen LogP contribution < -0.4 is 0 Å². The van der Waals surface area contributed by atoms with E-state index < -0.39 is 10.0 Å². The van der Waals surface area contributed by atoms with Crippen molar-refractivity contribution in [3.8, 4) is 0 Å². The summed E-state index contributed by atoms with van der Waals surface area (Å²) in [5.41, 5.74) is 10.4. The predicted molar refractivity (Wildman–Crippen MR) is 142 cm³/mol. The summed E-state index contributed by atoms with van der Waals surface area (Å²) >= 11 is 0. The zero-order valence-corrected chi connectivity index (χ0v) is 20.5. The highest BCUT2D eigenvalue weighted by atomic mass is 32.2. The second-order valence-corrected chi connectivity index (χ2v) is 11.0. The van der Waals surface area contributed by atoms with Crippen LogP contribution in [0.1, 0.15) is 33.4 Å². The summed E-state index contributed by atoms with van der Waals surface area (Å²) in [4.78, 5) is 0.308. The molecule has 1 aliphatic carbocycles. The molecule has 0 unspecified atom stereocenters. The summed E-state index contributed by atoms with van der Waals surface area (Å²) in [7, 11) is -3.77. The normalized spacial score (nSPS) is 15.0. The van der Waals surface area contributed by atoms with E-state index in [2.05, 4.69) is 49.4 Å². The van der Waals surface area contributed by atoms with Crippen LogP contribution in [0.4, 0.5) is 0 Å². The molecule has 4 aromatic carbocycles. The van der Waals surface area contributed by atoms with Crippen LogP contribution in [0.5, 0.6) is 0 Å². The largest absolute Gasteiger partial charge is 0.264 e. The monoisotopic (exact) mass is 475 g/mol. The lowest BCUT2D eigenvalue weighted by Gasteiger charge is -2.24. The quantitative estimate of drug-likeness (QED) is 0.330. The second kappa shape index (κ2) is 8.10. The van der Waals surface area contributed by atoms with Crippen molar-refractivity contribution in [3.63, 3.8) is 0 Å². The molecule has 4 heteroatoms. The van der Waals surface area contributed by atoms with Crippen LogP contribution in [-0.2, 0) is 10.0 Å². The van der Waals surface area contributed by atoms with Crippen molar-refractivity contribution < 1.29 is 8.42 Å². The SMILES string of the molecule is Cc1ccc(C2=C3CN(S(=O)(=O)c4ccc(C)cc4)C(c4ccccc4)=C3c3ccccc32)cc1. The molecule has 2 aliphatic rings. The predicted octanol–water partition coefficient (Wildman–Crippen LogP) is 6.69. The molecule has 0 aromatic heterocycles. The van der Waals surface area contributed by atoms with Crippen molar-refractivity contribution >= 4 is 26.9 Å². The van der Waals surface area contributed by atoms with E-state index in [0.29, 0.717) is 11.4 Å². The van der Waals surface area contributed by atoms with Crippen molar-refractivity contribution in [2.24, 2.45) is 0 Å². The Morgan fingerprint density at radius 3 is 1.77 bits per heavy atom. The Hall–Kier alpha value is -3.89. The zero-order valence-electron chi connectivity index (χ0n) is 19.7. The van der Waals surface area contributed by atoms with E-state index in [-0.39, 0.29) is 0 Å². The molecular weight excluding hydrogens is 450 g/mol. The molecule has 1 aliphatic heterocycles. The number of nitrogens with zero attached hydrogens (tertiary/aromatic N) is 1. The highest BCUT2D eigenvalue weighted by Crippen LogP contribution is 2.53. The Morgan fingerprint density at radius 2 is 1.14 bits per heavy atom. The molecule has 0 fully saturated rings. The second-order valence-electron chi connectivity index (χ2n) is 9.18. The molecule has 6 rings (SSSR count). The number of sulfonamides is 1. The van der Waals surface area contributed by atoms with Gasteiger partial charge in [-0.05, 0) is 59.4 Å². The summed E-state index contributed by atoms with van der Waals surface area (Å²) in [6.45, 7) is 4.34.